The third kappa shape index (κ3) is 2.67. The van der Waals surface area contributed by atoms with Gasteiger partial charge in [-0.25, -0.2) is 0 Å². The van der Waals surface area contributed by atoms with E-state index in [1.165, 1.54) is 41.4 Å². The van der Waals surface area contributed by atoms with Gasteiger partial charge < -0.3 is 0 Å². The van der Waals surface area contributed by atoms with Crippen LogP contribution in [0, 0.1) is 6.92 Å². The summed E-state index contributed by atoms with van der Waals surface area (Å²) in [5, 5.41) is 0. The minimum Gasteiger partial charge on any atom is -0.296 e. The van der Waals surface area contributed by atoms with Crippen molar-refractivity contribution in [2.24, 2.45) is 0 Å². The zero-order valence-electron chi connectivity index (χ0n) is 10.2. The predicted molar refractivity (Wildman–Crippen MR) is 72.6 cm³/mol. The molecule has 0 spiro atoms. The van der Waals surface area contributed by atoms with E-state index in [1.807, 2.05) is 0 Å². The van der Waals surface area contributed by atoms with Gasteiger partial charge in [-0.15, -0.1) is 0 Å². The topological polar surface area (TPSA) is 3.24 Å². The Morgan fingerprint density at radius 1 is 1.38 bits per heavy atom. The van der Waals surface area contributed by atoms with Crippen LogP contribution in [0.2, 0.25) is 0 Å². The average molecular weight is 282 g/mol. The number of hydrogen-bond acceptors (Lipinski definition) is 1. The number of halogens is 1. The molecule has 0 aromatic heterocycles. The van der Waals surface area contributed by atoms with Gasteiger partial charge in [-0.2, -0.15) is 0 Å². The third-order valence-corrected chi connectivity index (χ3v) is 4.72. The summed E-state index contributed by atoms with van der Waals surface area (Å²) in [5.41, 5.74) is 2.76. The molecule has 1 heterocycles. The van der Waals surface area contributed by atoms with Gasteiger partial charge in [0.25, 0.3) is 0 Å². The van der Waals surface area contributed by atoms with Gasteiger partial charge in [-0.3, -0.25) is 4.90 Å². The summed E-state index contributed by atoms with van der Waals surface area (Å²) >= 11 is 3.70. The number of hydrogen-bond donors (Lipinski definition) is 0. The summed E-state index contributed by atoms with van der Waals surface area (Å²) in [5.74, 6) is 0. The van der Waals surface area contributed by atoms with E-state index in [9.17, 15) is 0 Å². The maximum absolute atomic E-state index is 3.70. The molecule has 1 fully saturated rings. The Kier molecular flexibility index (Phi) is 4.04. The molecule has 0 saturated carbocycles. The number of likely N-dealkylation sites (tertiary alicyclic amines) is 1. The fourth-order valence-electron chi connectivity index (χ4n) is 2.44. The van der Waals surface area contributed by atoms with Crippen LogP contribution in [0.1, 0.15) is 37.3 Å². The normalized spacial score (nSPS) is 22.3. The smallest absolute Gasteiger partial charge is 0.0249 e. The van der Waals surface area contributed by atoms with Crippen molar-refractivity contribution in [1.82, 2.24) is 4.90 Å². The first-order valence-corrected chi connectivity index (χ1v) is 6.96. The average Bonchev–Trinajstić information content (AvgIpc) is 2.28. The van der Waals surface area contributed by atoms with Crippen molar-refractivity contribution in [3.05, 3.63) is 33.8 Å². The van der Waals surface area contributed by atoms with Crippen LogP contribution in [0.15, 0.2) is 22.7 Å². The van der Waals surface area contributed by atoms with Crippen LogP contribution in [-0.2, 0) is 6.54 Å². The Morgan fingerprint density at radius 3 is 2.94 bits per heavy atom. The van der Waals surface area contributed by atoms with Crippen LogP contribution in [0.5, 0.6) is 0 Å². The third-order valence-electron chi connectivity index (χ3n) is 3.59. The van der Waals surface area contributed by atoms with Crippen molar-refractivity contribution in [2.75, 3.05) is 6.54 Å². The molecule has 88 valence electrons. The molecule has 0 amide bonds. The standard InChI is InChI=1S/C14H20BrN/c1-11-6-5-8-13(14(11)15)10-16-9-4-3-7-12(16)2/h5-6,8,12H,3-4,7,9-10H2,1-2H3. The van der Waals surface area contributed by atoms with E-state index >= 15 is 0 Å². The lowest BCUT2D eigenvalue weighted by Gasteiger charge is -2.33. The van der Waals surface area contributed by atoms with Gasteiger partial charge in [0.1, 0.15) is 0 Å². The van der Waals surface area contributed by atoms with Crippen LogP contribution in [0.25, 0.3) is 0 Å². The van der Waals surface area contributed by atoms with Crippen LogP contribution >= 0.6 is 15.9 Å². The summed E-state index contributed by atoms with van der Waals surface area (Å²) in [7, 11) is 0. The highest BCUT2D eigenvalue weighted by molar-refractivity contribution is 9.10. The fourth-order valence-corrected chi connectivity index (χ4v) is 2.83. The molecular weight excluding hydrogens is 262 g/mol. The molecular formula is C14H20BrN. The molecule has 1 aromatic rings. The molecule has 1 saturated heterocycles. The summed E-state index contributed by atoms with van der Waals surface area (Å²) in [6.45, 7) is 6.85. The first-order chi connectivity index (χ1) is 7.68. The number of nitrogens with zero attached hydrogens (tertiary/aromatic N) is 1. The van der Waals surface area contributed by atoms with Crippen molar-refractivity contribution in [3.8, 4) is 0 Å². The van der Waals surface area contributed by atoms with Gasteiger partial charge in [0.2, 0.25) is 0 Å². The van der Waals surface area contributed by atoms with E-state index in [1.54, 1.807) is 0 Å². The van der Waals surface area contributed by atoms with E-state index in [0.717, 1.165) is 12.6 Å². The Labute approximate surface area is 107 Å². The SMILES string of the molecule is Cc1cccc(CN2CCCCC2C)c1Br. The minimum absolute atomic E-state index is 0.737. The second-order valence-corrected chi connectivity index (χ2v) is 5.66. The van der Waals surface area contributed by atoms with Crippen LogP contribution < -0.4 is 0 Å². The van der Waals surface area contributed by atoms with Crippen LogP contribution in [0.4, 0.5) is 0 Å². The quantitative estimate of drug-likeness (QED) is 0.788. The van der Waals surface area contributed by atoms with Gasteiger partial charge in [0, 0.05) is 17.1 Å². The summed E-state index contributed by atoms with van der Waals surface area (Å²) in [6.07, 6.45) is 4.10. The van der Waals surface area contributed by atoms with Gasteiger partial charge >= 0.3 is 0 Å². The van der Waals surface area contributed by atoms with E-state index < -0.39 is 0 Å². The van der Waals surface area contributed by atoms with E-state index in [4.69, 9.17) is 0 Å². The highest BCUT2D eigenvalue weighted by Gasteiger charge is 2.18. The van der Waals surface area contributed by atoms with E-state index in [2.05, 4.69) is 52.9 Å². The molecule has 2 rings (SSSR count). The first kappa shape index (κ1) is 12.1. The van der Waals surface area contributed by atoms with Crippen molar-refractivity contribution in [3.63, 3.8) is 0 Å². The molecule has 1 aliphatic heterocycles. The zero-order valence-corrected chi connectivity index (χ0v) is 11.8. The Bertz CT molecular complexity index is 362. The number of rotatable bonds is 2. The lowest BCUT2D eigenvalue weighted by molar-refractivity contribution is 0.152. The molecule has 1 nitrogen and oxygen atoms in total. The highest BCUT2D eigenvalue weighted by Crippen LogP contribution is 2.25. The molecule has 0 bridgehead atoms. The van der Waals surface area contributed by atoms with Crippen molar-refractivity contribution in [1.29, 1.82) is 0 Å². The van der Waals surface area contributed by atoms with E-state index in [0.29, 0.717) is 0 Å². The zero-order chi connectivity index (χ0) is 11.5. The van der Waals surface area contributed by atoms with Gasteiger partial charge in [-0.05, 0) is 44.4 Å². The van der Waals surface area contributed by atoms with Crippen LogP contribution in [0.3, 0.4) is 0 Å². The van der Waals surface area contributed by atoms with Gasteiger partial charge in [-0.1, -0.05) is 40.5 Å². The van der Waals surface area contributed by atoms with Crippen molar-refractivity contribution in [2.45, 2.75) is 45.7 Å². The second kappa shape index (κ2) is 5.33. The summed E-state index contributed by atoms with van der Waals surface area (Å²) in [6, 6.07) is 7.29. The summed E-state index contributed by atoms with van der Waals surface area (Å²) < 4.78 is 1.28. The number of benzene rings is 1. The molecule has 1 atom stereocenters. The largest absolute Gasteiger partial charge is 0.296 e. The molecule has 16 heavy (non-hydrogen) atoms. The lowest BCUT2D eigenvalue weighted by atomic mass is 10.0. The summed E-state index contributed by atoms with van der Waals surface area (Å²) in [4.78, 5) is 2.60. The van der Waals surface area contributed by atoms with Crippen LogP contribution in [-0.4, -0.2) is 17.5 Å². The number of piperidine rings is 1. The van der Waals surface area contributed by atoms with Gasteiger partial charge in [0.15, 0.2) is 0 Å². The maximum atomic E-state index is 3.70. The number of aryl methyl sites for hydroxylation is 1. The second-order valence-electron chi connectivity index (χ2n) is 4.86. The molecule has 0 N–H and O–H groups in total. The molecule has 1 unspecified atom stereocenters. The molecule has 2 heteroatoms. The molecule has 0 aliphatic carbocycles. The Morgan fingerprint density at radius 2 is 2.19 bits per heavy atom. The molecule has 0 radical (unpaired) electrons. The fraction of sp³-hybridized carbons (Fsp3) is 0.571. The molecule has 1 aromatic carbocycles. The minimum atomic E-state index is 0.737. The molecule has 1 aliphatic rings. The predicted octanol–water partition coefficient (Wildman–Crippen LogP) is 4.13. The monoisotopic (exact) mass is 281 g/mol. The van der Waals surface area contributed by atoms with Crippen molar-refractivity contribution >= 4 is 15.9 Å². The first-order valence-electron chi connectivity index (χ1n) is 6.16. The lowest BCUT2D eigenvalue weighted by Crippen LogP contribution is -2.36. The Hall–Kier alpha value is -0.340. The highest BCUT2D eigenvalue weighted by atomic mass is 79.9. The van der Waals surface area contributed by atoms with Gasteiger partial charge in [0.05, 0.1) is 0 Å². The Balaban J connectivity index is 2.10. The van der Waals surface area contributed by atoms with Crippen molar-refractivity contribution < 1.29 is 0 Å². The maximum Gasteiger partial charge on any atom is 0.0249 e. The van der Waals surface area contributed by atoms with E-state index in [-0.39, 0.29) is 0 Å².